The summed E-state index contributed by atoms with van der Waals surface area (Å²) in [6.45, 7) is 5.99. The van der Waals surface area contributed by atoms with Gasteiger partial charge in [-0.15, -0.1) is 0 Å². The summed E-state index contributed by atoms with van der Waals surface area (Å²) in [6.07, 6.45) is 20.3. The van der Waals surface area contributed by atoms with E-state index in [0.717, 1.165) is 44.1 Å². The van der Waals surface area contributed by atoms with Crippen molar-refractivity contribution >= 4 is 41.2 Å². The molecule has 19 heteroatoms. The number of carboxylic acids is 2. The number of nitrogens with two attached hydrogens (primary N) is 2. The molecule has 1 aromatic rings. The normalized spacial score (nSPS) is 12.4. The van der Waals surface area contributed by atoms with Crippen LogP contribution in [0.3, 0.4) is 0 Å². The van der Waals surface area contributed by atoms with E-state index in [1.54, 1.807) is 12.1 Å². The Hall–Kier alpha value is -4.95. The fraction of sp³-hybridized carbons (Fsp3) is 0.722. The molecule has 3 atom stereocenters. The summed E-state index contributed by atoms with van der Waals surface area (Å²) in [5.41, 5.74) is 13.1. The molecule has 10 N–H and O–H groups in total. The van der Waals surface area contributed by atoms with Gasteiger partial charge < -0.3 is 61.7 Å². The molecule has 0 spiro atoms. The lowest BCUT2D eigenvalue weighted by atomic mass is 9.91. The number of primary amides is 1. The molecule has 3 amide bonds. The van der Waals surface area contributed by atoms with Crippen molar-refractivity contribution in [3.8, 4) is 5.75 Å². The Labute approximate surface area is 434 Å². The van der Waals surface area contributed by atoms with Gasteiger partial charge in [0.1, 0.15) is 30.8 Å². The Morgan fingerprint density at radius 3 is 1.68 bits per heavy atom. The number of carboxylic acid groups (broad SMARTS) is 2. The summed E-state index contributed by atoms with van der Waals surface area (Å²) < 4.78 is 21.7. The fourth-order valence-corrected chi connectivity index (χ4v) is 7.87. The van der Waals surface area contributed by atoms with Crippen LogP contribution in [0.5, 0.6) is 5.75 Å². The van der Waals surface area contributed by atoms with Crippen molar-refractivity contribution in [2.45, 2.75) is 179 Å². The molecule has 73 heavy (non-hydrogen) atoms. The molecular weight excluding hydrogens is 943 g/mol. The van der Waals surface area contributed by atoms with Gasteiger partial charge in [-0.05, 0) is 81.9 Å². The molecule has 416 valence electrons. The maximum Gasteiger partial charge on any atom is 0.326 e. The lowest BCUT2D eigenvalue weighted by Crippen LogP contribution is -2.37. The van der Waals surface area contributed by atoms with Gasteiger partial charge in [-0.1, -0.05) is 95.8 Å². The monoisotopic (exact) mass is 1030 g/mol. The molecule has 0 saturated heterocycles. The fourth-order valence-electron chi connectivity index (χ4n) is 7.87. The molecule has 19 nitrogen and oxygen atoms in total. The van der Waals surface area contributed by atoms with Crippen LogP contribution in [0.1, 0.15) is 166 Å². The SMILES string of the molecule is C=C(CCCCCCCCCCCCCCCCC(=O)O)N[C@@H](CCC(=O)NCCOCCOCC(=O)CCCOCCOCC(=O)NCCCC[C@H](N)C(=O)CC[C@@H](Cc1ccc(O)cc1)C(N)=O)C(=O)O. The van der Waals surface area contributed by atoms with Crippen LogP contribution in [0.15, 0.2) is 36.5 Å². The highest BCUT2D eigenvalue weighted by atomic mass is 16.5. The van der Waals surface area contributed by atoms with Gasteiger partial charge in [0.15, 0.2) is 5.78 Å². The van der Waals surface area contributed by atoms with Crippen LogP contribution in [0.4, 0.5) is 0 Å². The van der Waals surface area contributed by atoms with Crippen molar-refractivity contribution < 1.29 is 67.8 Å². The summed E-state index contributed by atoms with van der Waals surface area (Å²) >= 11 is 0. The van der Waals surface area contributed by atoms with Crippen LogP contribution >= 0.6 is 0 Å². The number of hydrogen-bond acceptors (Lipinski definition) is 14. The predicted octanol–water partition coefficient (Wildman–Crippen LogP) is 6.19. The van der Waals surface area contributed by atoms with E-state index in [2.05, 4.69) is 22.5 Å². The highest BCUT2D eigenvalue weighted by Crippen LogP contribution is 2.19. The Morgan fingerprint density at radius 1 is 0.548 bits per heavy atom. The minimum atomic E-state index is -1.03. The highest BCUT2D eigenvalue weighted by Gasteiger charge is 2.21. The number of nitrogens with one attached hydrogen (secondary N) is 3. The summed E-state index contributed by atoms with van der Waals surface area (Å²) in [5.74, 6) is -3.40. The van der Waals surface area contributed by atoms with E-state index in [9.17, 15) is 43.8 Å². The van der Waals surface area contributed by atoms with Gasteiger partial charge in [-0.25, -0.2) is 4.79 Å². The summed E-state index contributed by atoms with van der Waals surface area (Å²) in [4.78, 5) is 83.3. The van der Waals surface area contributed by atoms with Crippen molar-refractivity contribution in [2.75, 3.05) is 65.9 Å². The molecule has 0 aliphatic carbocycles. The number of rotatable bonds is 52. The molecule has 0 radical (unpaired) electrons. The van der Waals surface area contributed by atoms with E-state index in [-0.39, 0.29) is 114 Å². The Kier molecular flexibility index (Phi) is 40.3. The van der Waals surface area contributed by atoms with Gasteiger partial charge >= 0.3 is 11.9 Å². The molecule has 1 aromatic carbocycles. The number of aromatic hydroxyl groups is 1. The molecule has 0 aliphatic rings. The Bertz CT molecular complexity index is 1700. The average molecular weight is 1030 g/mol. The number of phenolic OH excluding ortho intramolecular Hbond substituents is 1. The first kappa shape index (κ1) is 66.1. The number of carbonyl (C=O) groups is 7. The van der Waals surface area contributed by atoms with Gasteiger partial charge in [0.05, 0.1) is 39.1 Å². The number of carbonyl (C=O) groups excluding carboxylic acids is 5. The van der Waals surface area contributed by atoms with Gasteiger partial charge in [0, 0.05) is 57.0 Å². The van der Waals surface area contributed by atoms with Crippen LogP contribution in [-0.2, 0) is 58.9 Å². The van der Waals surface area contributed by atoms with Crippen LogP contribution in [0.2, 0.25) is 0 Å². The first-order valence-electron chi connectivity index (χ1n) is 26.8. The number of phenols is 1. The van der Waals surface area contributed by atoms with E-state index < -0.39 is 35.8 Å². The standard InChI is InChI=1S/C54H91N5O14/c1-42(19-14-12-10-8-6-4-2-3-5-7-9-11-13-15-22-52(65)66)59-48(54(68)69)28-30-50(63)58-32-34-71-36-37-72-40-46(61)20-18-33-70-35-38-73-41-51(64)57-31-17-16-21-47(55)49(62)29-25-44(53(56)67)39-43-23-26-45(60)27-24-43/h23-24,26-27,44,47-48,59-60H,1-22,25,28-41,55H2,(H2,56,67)(H,57,64)(H,58,63)(H,65,66)(H,68,69)/t44-,47-,48-/m0/s1. The zero-order valence-electron chi connectivity index (χ0n) is 43.7. The van der Waals surface area contributed by atoms with Crippen molar-refractivity contribution in [1.82, 2.24) is 16.0 Å². The molecule has 0 saturated carbocycles. The zero-order valence-corrected chi connectivity index (χ0v) is 43.7. The number of ketones is 2. The lowest BCUT2D eigenvalue weighted by Gasteiger charge is -2.17. The predicted molar refractivity (Wildman–Crippen MR) is 279 cm³/mol. The third kappa shape index (κ3) is 40.2. The van der Waals surface area contributed by atoms with Gasteiger partial charge in [-0.2, -0.15) is 0 Å². The molecule has 0 heterocycles. The summed E-state index contributed by atoms with van der Waals surface area (Å²) in [6, 6.07) is 4.92. The molecule has 0 bridgehead atoms. The molecule has 0 fully saturated rings. The van der Waals surface area contributed by atoms with Crippen molar-refractivity contribution in [3.05, 3.63) is 42.1 Å². The first-order valence-corrected chi connectivity index (χ1v) is 26.8. The third-order valence-electron chi connectivity index (χ3n) is 12.2. The molecule has 0 aliphatic heterocycles. The van der Waals surface area contributed by atoms with Gasteiger partial charge in [-0.3, -0.25) is 28.8 Å². The summed E-state index contributed by atoms with van der Waals surface area (Å²) in [7, 11) is 0. The number of aliphatic carboxylic acids is 2. The van der Waals surface area contributed by atoms with Crippen LogP contribution in [-0.4, -0.2) is 135 Å². The number of amides is 3. The number of allylic oxidation sites excluding steroid dienone is 1. The quantitative estimate of drug-likeness (QED) is 0.0337. The van der Waals surface area contributed by atoms with E-state index in [0.29, 0.717) is 63.8 Å². The number of hydrogen-bond donors (Lipinski definition) is 8. The third-order valence-corrected chi connectivity index (χ3v) is 12.2. The molecule has 1 rings (SSSR count). The van der Waals surface area contributed by atoms with Crippen LogP contribution in [0, 0.1) is 5.92 Å². The second-order valence-electron chi connectivity index (χ2n) is 18.8. The Morgan fingerprint density at radius 2 is 1.10 bits per heavy atom. The van der Waals surface area contributed by atoms with E-state index >= 15 is 0 Å². The second-order valence-corrected chi connectivity index (χ2v) is 18.8. The van der Waals surface area contributed by atoms with Crippen LogP contribution < -0.4 is 27.4 Å². The Balaban J connectivity index is 1.93. The number of benzene rings is 1. The van der Waals surface area contributed by atoms with Crippen molar-refractivity contribution in [3.63, 3.8) is 0 Å². The maximum atomic E-state index is 12.5. The minimum absolute atomic E-state index is 0.0403. The molecule has 0 aromatic heterocycles. The average Bonchev–Trinajstić information content (AvgIpc) is 3.35. The second kappa shape index (κ2) is 44.5. The van der Waals surface area contributed by atoms with Crippen LogP contribution in [0.25, 0.3) is 0 Å². The highest BCUT2D eigenvalue weighted by molar-refractivity contribution is 5.85. The van der Waals surface area contributed by atoms with Crippen molar-refractivity contribution in [2.24, 2.45) is 17.4 Å². The lowest BCUT2D eigenvalue weighted by molar-refractivity contribution is -0.140. The number of Topliss-reactive ketones (excluding diaryl/α,β-unsaturated/α-hetero) is 2. The van der Waals surface area contributed by atoms with E-state index in [1.807, 2.05) is 0 Å². The molecule has 0 unspecified atom stereocenters. The van der Waals surface area contributed by atoms with Gasteiger partial charge in [0.2, 0.25) is 17.7 Å². The van der Waals surface area contributed by atoms with Crippen molar-refractivity contribution in [1.29, 1.82) is 0 Å². The topological polar surface area (TPSA) is 305 Å². The summed E-state index contributed by atoms with van der Waals surface area (Å²) in [5, 5.41) is 36.2. The molecular formula is C54H91N5O14. The first-order chi connectivity index (χ1) is 35.2. The number of ether oxygens (including phenoxy) is 4. The smallest absolute Gasteiger partial charge is 0.326 e. The largest absolute Gasteiger partial charge is 0.508 e. The maximum absolute atomic E-state index is 12.5. The minimum Gasteiger partial charge on any atom is -0.508 e. The zero-order chi connectivity index (χ0) is 53.7. The van der Waals surface area contributed by atoms with E-state index in [1.165, 1.54) is 63.5 Å². The van der Waals surface area contributed by atoms with E-state index in [4.69, 9.17) is 35.5 Å². The van der Waals surface area contributed by atoms with Gasteiger partial charge in [0.25, 0.3) is 0 Å². The number of unbranched alkanes of at least 4 members (excludes halogenated alkanes) is 14.